The predicted molar refractivity (Wildman–Crippen MR) is 81.8 cm³/mol. The van der Waals surface area contributed by atoms with Crippen LogP contribution in [0, 0.1) is 6.92 Å². The molecule has 0 saturated carbocycles. The molecule has 3 aromatic rings. The Kier molecular flexibility index (Phi) is 3.19. The van der Waals surface area contributed by atoms with E-state index >= 15 is 0 Å². The van der Waals surface area contributed by atoms with Gasteiger partial charge >= 0.3 is 0 Å². The lowest BCUT2D eigenvalue weighted by Gasteiger charge is -2.27. The van der Waals surface area contributed by atoms with Gasteiger partial charge in [0, 0.05) is 18.7 Å². The Balaban J connectivity index is 1.85. The van der Waals surface area contributed by atoms with Gasteiger partial charge in [-0.15, -0.1) is 15.3 Å². The Morgan fingerprint density at radius 1 is 1.05 bits per heavy atom. The summed E-state index contributed by atoms with van der Waals surface area (Å²) in [6, 6.07) is 9.94. The molecule has 3 heterocycles. The van der Waals surface area contributed by atoms with E-state index in [1.165, 1.54) is 0 Å². The van der Waals surface area contributed by atoms with E-state index in [1.807, 2.05) is 37.3 Å². The molecule has 0 amide bonds. The van der Waals surface area contributed by atoms with Gasteiger partial charge in [-0.25, -0.2) is 4.98 Å². The highest BCUT2D eigenvalue weighted by atomic mass is 16.5. The van der Waals surface area contributed by atoms with Gasteiger partial charge in [0.05, 0.1) is 13.2 Å². The number of ether oxygens (including phenoxy) is 1. The van der Waals surface area contributed by atoms with Crippen LogP contribution in [-0.2, 0) is 4.74 Å². The largest absolute Gasteiger partial charge is 0.378 e. The van der Waals surface area contributed by atoms with Crippen LogP contribution in [0.5, 0.6) is 0 Å². The van der Waals surface area contributed by atoms with Gasteiger partial charge in [0.15, 0.2) is 11.5 Å². The topological polar surface area (TPSA) is 68.4 Å². The second-order valence-corrected chi connectivity index (χ2v) is 5.22. The van der Waals surface area contributed by atoms with Crippen LogP contribution in [0.1, 0.15) is 5.69 Å². The maximum Gasteiger partial charge on any atom is 0.248 e. The van der Waals surface area contributed by atoms with Crippen molar-refractivity contribution in [3.63, 3.8) is 0 Å². The smallest absolute Gasteiger partial charge is 0.248 e. The fourth-order valence-electron chi connectivity index (χ4n) is 2.56. The zero-order valence-electron chi connectivity index (χ0n) is 12.3. The van der Waals surface area contributed by atoms with Gasteiger partial charge in [-0.1, -0.05) is 30.3 Å². The molecule has 0 bridgehead atoms. The van der Waals surface area contributed by atoms with Crippen molar-refractivity contribution >= 4 is 11.6 Å². The molecule has 0 aliphatic carbocycles. The van der Waals surface area contributed by atoms with Crippen molar-refractivity contribution in [3.8, 4) is 11.4 Å². The molecule has 1 aliphatic rings. The van der Waals surface area contributed by atoms with E-state index in [0.717, 1.165) is 35.9 Å². The fourth-order valence-corrected chi connectivity index (χ4v) is 2.56. The van der Waals surface area contributed by atoms with E-state index in [4.69, 9.17) is 4.74 Å². The lowest BCUT2D eigenvalue weighted by molar-refractivity contribution is 0.121. The minimum atomic E-state index is 0.688. The molecule has 1 fully saturated rings. The first kappa shape index (κ1) is 13.1. The number of anilines is 1. The first-order valence-electron chi connectivity index (χ1n) is 7.31. The lowest BCUT2D eigenvalue weighted by atomic mass is 10.2. The quantitative estimate of drug-likeness (QED) is 0.710. The lowest BCUT2D eigenvalue weighted by Crippen LogP contribution is -2.38. The molecule has 1 saturated heterocycles. The van der Waals surface area contributed by atoms with Gasteiger partial charge in [0.2, 0.25) is 5.95 Å². The summed E-state index contributed by atoms with van der Waals surface area (Å²) in [5, 5.41) is 13.2. The number of morpholine rings is 1. The molecule has 1 aromatic carbocycles. The summed E-state index contributed by atoms with van der Waals surface area (Å²) in [5.74, 6) is 1.41. The first-order chi connectivity index (χ1) is 10.8. The number of fused-ring (bicyclic) bond motifs is 1. The van der Waals surface area contributed by atoms with Gasteiger partial charge in [0.1, 0.15) is 5.69 Å². The molecule has 1 aliphatic heterocycles. The molecular weight excluding hydrogens is 280 g/mol. The molecule has 7 heteroatoms. The molecule has 4 rings (SSSR count). The molecule has 0 radical (unpaired) electrons. The van der Waals surface area contributed by atoms with Crippen LogP contribution in [0.3, 0.4) is 0 Å². The second kappa shape index (κ2) is 5.34. The molecule has 0 spiro atoms. The van der Waals surface area contributed by atoms with E-state index in [9.17, 15) is 0 Å². The highest BCUT2D eigenvalue weighted by Gasteiger charge is 2.19. The average molecular weight is 296 g/mol. The zero-order valence-corrected chi connectivity index (χ0v) is 12.3. The number of rotatable bonds is 2. The van der Waals surface area contributed by atoms with Crippen LogP contribution in [0.2, 0.25) is 0 Å². The molecule has 2 aromatic heterocycles. The van der Waals surface area contributed by atoms with E-state index in [-0.39, 0.29) is 0 Å². The van der Waals surface area contributed by atoms with Crippen LogP contribution in [0.25, 0.3) is 17.0 Å². The van der Waals surface area contributed by atoms with Crippen LogP contribution >= 0.6 is 0 Å². The number of aromatic nitrogens is 5. The van der Waals surface area contributed by atoms with Crippen LogP contribution < -0.4 is 4.90 Å². The van der Waals surface area contributed by atoms with Crippen molar-refractivity contribution in [2.75, 3.05) is 31.2 Å². The Bertz CT molecular complexity index is 794. The third-order valence-electron chi connectivity index (χ3n) is 3.74. The normalized spacial score (nSPS) is 15.4. The third kappa shape index (κ3) is 2.19. The third-order valence-corrected chi connectivity index (χ3v) is 3.74. The maximum atomic E-state index is 5.40. The summed E-state index contributed by atoms with van der Waals surface area (Å²) >= 11 is 0. The highest BCUT2D eigenvalue weighted by Crippen LogP contribution is 2.20. The van der Waals surface area contributed by atoms with Crippen molar-refractivity contribution in [2.45, 2.75) is 6.92 Å². The summed E-state index contributed by atoms with van der Waals surface area (Å²) in [4.78, 5) is 6.76. The van der Waals surface area contributed by atoms with E-state index < -0.39 is 0 Å². The average Bonchev–Trinajstić information content (AvgIpc) is 3.03. The van der Waals surface area contributed by atoms with Crippen LogP contribution in [0.4, 0.5) is 5.95 Å². The minimum absolute atomic E-state index is 0.688. The predicted octanol–water partition coefficient (Wildman–Crippen LogP) is 1.33. The number of aryl methyl sites for hydroxylation is 1. The van der Waals surface area contributed by atoms with Crippen molar-refractivity contribution in [2.24, 2.45) is 0 Å². The van der Waals surface area contributed by atoms with Crippen molar-refractivity contribution in [1.29, 1.82) is 0 Å². The van der Waals surface area contributed by atoms with Crippen molar-refractivity contribution in [3.05, 3.63) is 36.0 Å². The number of hydrogen-bond acceptors (Lipinski definition) is 6. The molecule has 22 heavy (non-hydrogen) atoms. The van der Waals surface area contributed by atoms with Crippen LogP contribution in [-0.4, -0.2) is 51.1 Å². The van der Waals surface area contributed by atoms with E-state index in [2.05, 4.69) is 25.2 Å². The zero-order chi connectivity index (χ0) is 14.9. The molecule has 112 valence electrons. The molecule has 7 nitrogen and oxygen atoms in total. The Morgan fingerprint density at radius 2 is 1.82 bits per heavy atom. The first-order valence-corrected chi connectivity index (χ1v) is 7.31. The van der Waals surface area contributed by atoms with Gasteiger partial charge in [-0.2, -0.15) is 4.52 Å². The molecule has 0 atom stereocenters. The second-order valence-electron chi connectivity index (χ2n) is 5.22. The molecule has 0 unspecified atom stereocenters. The standard InChI is InChI=1S/C15H16N6O/c1-11-14-16-13(12-5-3-2-4-6-12)19-21(14)15(18-17-11)20-7-9-22-10-8-20/h2-6H,7-10H2,1H3. The maximum absolute atomic E-state index is 5.40. The molecular formula is C15H16N6O. The Hall–Kier alpha value is -2.54. The van der Waals surface area contributed by atoms with Crippen LogP contribution in [0.15, 0.2) is 30.3 Å². The Morgan fingerprint density at radius 3 is 2.59 bits per heavy atom. The SMILES string of the molecule is Cc1nnc(N2CCOCC2)n2nc(-c3ccccc3)nc12. The van der Waals surface area contributed by atoms with Gasteiger partial charge in [0.25, 0.3) is 0 Å². The summed E-state index contributed by atoms with van der Waals surface area (Å²) in [5.41, 5.74) is 2.50. The van der Waals surface area contributed by atoms with Crippen molar-refractivity contribution < 1.29 is 4.74 Å². The summed E-state index contributed by atoms with van der Waals surface area (Å²) in [6.45, 7) is 4.85. The van der Waals surface area contributed by atoms with Crippen molar-refractivity contribution in [1.82, 2.24) is 24.8 Å². The monoisotopic (exact) mass is 296 g/mol. The number of nitrogens with zero attached hydrogens (tertiary/aromatic N) is 6. The fraction of sp³-hybridized carbons (Fsp3) is 0.333. The highest BCUT2D eigenvalue weighted by molar-refractivity contribution is 5.60. The number of benzene rings is 1. The number of hydrogen-bond donors (Lipinski definition) is 0. The van der Waals surface area contributed by atoms with E-state index in [1.54, 1.807) is 4.52 Å². The van der Waals surface area contributed by atoms with Gasteiger partial charge in [-0.05, 0) is 6.92 Å². The summed E-state index contributed by atoms with van der Waals surface area (Å²) < 4.78 is 7.18. The van der Waals surface area contributed by atoms with Gasteiger partial charge in [-0.3, -0.25) is 0 Å². The Labute approximate surface area is 127 Å². The summed E-state index contributed by atoms with van der Waals surface area (Å²) in [6.07, 6.45) is 0. The minimum Gasteiger partial charge on any atom is -0.378 e. The van der Waals surface area contributed by atoms with E-state index in [0.29, 0.717) is 19.0 Å². The molecule has 0 N–H and O–H groups in total. The summed E-state index contributed by atoms with van der Waals surface area (Å²) in [7, 11) is 0. The van der Waals surface area contributed by atoms with Gasteiger partial charge < -0.3 is 9.64 Å².